The van der Waals surface area contributed by atoms with Gasteiger partial charge in [0.2, 0.25) is 0 Å². The molecule has 1 saturated heterocycles. The van der Waals surface area contributed by atoms with Gasteiger partial charge in [-0.3, -0.25) is 0 Å². The van der Waals surface area contributed by atoms with Crippen molar-refractivity contribution in [2.45, 2.75) is 12.8 Å². The number of thiol groups is 1. The molecule has 0 bridgehead atoms. The van der Waals surface area contributed by atoms with Crippen LogP contribution in [0.1, 0.15) is 12.8 Å². The van der Waals surface area contributed by atoms with Gasteiger partial charge in [0, 0.05) is 0 Å². The van der Waals surface area contributed by atoms with Gasteiger partial charge >= 0.3 is 71.2 Å². The van der Waals surface area contributed by atoms with Crippen molar-refractivity contribution < 1.29 is 14.4 Å². The van der Waals surface area contributed by atoms with E-state index in [1.807, 2.05) is 0 Å². The van der Waals surface area contributed by atoms with Gasteiger partial charge in [-0.25, -0.2) is 0 Å². The molecule has 0 atom stereocenters. The first-order valence-corrected chi connectivity index (χ1v) is 10.1. The van der Waals surface area contributed by atoms with Gasteiger partial charge in [0.05, 0.1) is 0 Å². The minimum absolute atomic E-state index is 0.638. The van der Waals surface area contributed by atoms with Crippen LogP contribution in [0.2, 0.25) is 0 Å². The molecule has 0 aliphatic carbocycles. The Balaban J connectivity index is 3.05. The fourth-order valence-corrected chi connectivity index (χ4v) is 7.52. The van der Waals surface area contributed by atoms with Crippen LogP contribution in [-0.2, 0) is 4.57 Å². The molecule has 1 fully saturated rings. The molecule has 0 radical (unpaired) electrons. The van der Waals surface area contributed by atoms with Crippen molar-refractivity contribution in [1.82, 2.24) is 0 Å². The summed E-state index contributed by atoms with van der Waals surface area (Å²) in [4.78, 5) is 18.3. The number of hydrogen-bond donors (Lipinski definition) is 3. The van der Waals surface area contributed by atoms with E-state index in [1.165, 1.54) is 0 Å². The predicted octanol–water partition coefficient (Wildman–Crippen LogP) is 1.90. The summed E-state index contributed by atoms with van der Waals surface area (Å²) in [5.74, 6) is 0. The van der Waals surface area contributed by atoms with Gasteiger partial charge in [0.1, 0.15) is 0 Å². The molecule has 1 heterocycles. The second-order valence-electron chi connectivity index (χ2n) is 3.58. The summed E-state index contributed by atoms with van der Waals surface area (Å²) < 4.78 is 11.2. The first-order chi connectivity index (χ1) is 4.75. The van der Waals surface area contributed by atoms with Crippen molar-refractivity contribution in [3.8, 4) is 0 Å². The summed E-state index contributed by atoms with van der Waals surface area (Å²) in [5, 5.41) is 0. The molecular formula is C5H14O3P2S. The van der Waals surface area contributed by atoms with Crippen molar-refractivity contribution in [2.24, 2.45) is 0 Å². The van der Waals surface area contributed by atoms with E-state index in [2.05, 4.69) is 12.2 Å². The maximum absolute atomic E-state index is 11.2. The Labute approximate surface area is 71.7 Å². The van der Waals surface area contributed by atoms with E-state index in [0.717, 1.165) is 12.8 Å². The third kappa shape index (κ3) is 1.52. The summed E-state index contributed by atoms with van der Waals surface area (Å²) in [6.45, 7) is 1.70. The van der Waals surface area contributed by atoms with Crippen molar-refractivity contribution in [3.05, 3.63) is 0 Å². The molecule has 11 heavy (non-hydrogen) atoms. The summed E-state index contributed by atoms with van der Waals surface area (Å²) in [7, 11) is -3.94. The van der Waals surface area contributed by atoms with Crippen molar-refractivity contribution in [3.63, 3.8) is 0 Å². The van der Waals surface area contributed by atoms with Gasteiger partial charge in [0.15, 0.2) is 0 Å². The predicted molar refractivity (Wildman–Crippen MR) is 52.8 cm³/mol. The fourth-order valence-electron chi connectivity index (χ4n) is 1.42. The molecule has 6 heteroatoms. The molecule has 1 aliphatic rings. The first-order valence-electron chi connectivity index (χ1n) is 3.56. The molecule has 0 unspecified atom stereocenters. The number of hydrogen-bond acceptors (Lipinski definition) is 2. The summed E-state index contributed by atoms with van der Waals surface area (Å²) in [5.41, 5.74) is -2.89. The van der Waals surface area contributed by atoms with Crippen LogP contribution < -0.4 is 0 Å². The zero-order valence-electron chi connectivity index (χ0n) is 6.47. The molecule has 0 aromatic rings. The van der Waals surface area contributed by atoms with Crippen LogP contribution >= 0.6 is 25.0 Å². The molecule has 0 amide bonds. The van der Waals surface area contributed by atoms with Crippen LogP contribution in [0.4, 0.5) is 0 Å². The van der Waals surface area contributed by atoms with E-state index in [1.54, 1.807) is 6.66 Å². The topological polar surface area (TPSA) is 57.5 Å². The van der Waals surface area contributed by atoms with E-state index in [-0.39, 0.29) is 0 Å². The molecule has 68 valence electrons. The van der Waals surface area contributed by atoms with Crippen molar-refractivity contribution in [2.75, 3.05) is 19.0 Å². The van der Waals surface area contributed by atoms with Crippen LogP contribution in [0, 0.1) is 0 Å². The van der Waals surface area contributed by atoms with Gasteiger partial charge < -0.3 is 0 Å². The van der Waals surface area contributed by atoms with Gasteiger partial charge in [-0.15, -0.1) is 0 Å². The maximum atomic E-state index is 11.2. The number of rotatable bonds is 1. The van der Waals surface area contributed by atoms with Crippen LogP contribution in [0.5, 0.6) is 0 Å². The minimum atomic E-state index is -3.94. The van der Waals surface area contributed by atoms with E-state index in [0.29, 0.717) is 12.3 Å². The second kappa shape index (κ2) is 2.46. The van der Waals surface area contributed by atoms with Gasteiger partial charge in [-0.05, 0) is 0 Å². The Kier molecular flexibility index (Phi) is 2.24. The molecule has 1 rings (SSSR count). The Hall–Kier alpha value is 0.930. The van der Waals surface area contributed by atoms with Gasteiger partial charge in [-0.2, -0.15) is 0 Å². The van der Waals surface area contributed by atoms with E-state index in [9.17, 15) is 4.57 Å². The Morgan fingerprint density at radius 1 is 1.36 bits per heavy atom. The average molecular weight is 216 g/mol. The zero-order chi connectivity index (χ0) is 8.78. The van der Waals surface area contributed by atoms with E-state index in [4.69, 9.17) is 9.79 Å². The third-order valence-corrected chi connectivity index (χ3v) is 15.9. The van der Waals surface area contributed by atoms with E-state index < -0.39 is 12.8 Å². The molecule has 0 aromatic carbocycles. The SMILES string of the molecule is CP1(S)(P(=O)(O)O)CCCC1. The van der Waals surface area contributed by atoms with Crippen molar-refractivity contribution >= 4 is 25.0 Å². The van der Waals surface area contributed by atoms with Crippen LogP contribution in [0.25, 0.3) is 0 Å². The van der Waals surface area contributed by atoms with Gasteiger partial charge in [-0.1, -0.05) is 0 Å². The Morgan fingerprint density at radius 2 is 1.73 bits per heavy atom. The zero-order valence-corrected chi connectivity index (χ0v) is 9.16. The standard InChI is InChI=1S/C5H14O3P2S/c1-10(11,9(6,7)8)4-2-3-5-10/h11H,2-5H2,1H3,(H2,6,7,8). The quantitative estimate of drug-likeness (QED) is 0.463. The molecule has 0 spiro atoms. The van der Waals surface area contributed by atoms with Crippen LogP contribution in [0.15, 0.2) is 0 Å². The first kappa shape index (κ1) is 10.0. The monoisotopic (exact) mass is 216 g/mol. The molecule has 2 N–H and O–H groups in total. The molecule has 0 saturated carbocycles. The summed E-state index contributed by atoms with van der Waals surface area (Å²) in [6.07, 6.45) is 3.11. The third-order valence-electron chi connectivity index (χ3n) is 2.48. The molecular weight excluding hydrogens is 202 g/mol. The van der Waals surface area contributed by atoms with Crippen LogP contribution in [-0.4, -0.2) is 28.8 Å². The average Bonchev–Trinajstić information content (AvgIpc) is 2.10. The van der Waals surface area contributed by atoms with Crippen LogP contribution in [0.3, 0.4) is 0 Å². The second-order valence-corrected chi connectivity index (χ2v) is 18.8. The van der Waals surface area contributed by atoms with E-state index >= 15 is 0 Å². The fraction of sp³-hybridized carbons (Fsp3) is 1.00. The molecule has 1 aliphatic heterocycles. The summed E-state index contributed by atoms with van der Waals surface area (Å²) in [6, 6.07) is 0. The molecule has 3 nitrogen and oxygen atoms in total. The molecule has 0 aromatic heterocycles. The Morgan fingerprint density at radius 3 is 1.91 bits per heavy atom. The normalized spacial score (nSPS) is 32.5. The Bertz CT molecular complexity index is 212. The van der Waals surface area contributed by atoms with Crippen molar-refractivity contribution in [1.29, 1.82) is 0 Å². The summed E-state index contributed by atoms with van der Waals surface area (Å²) >= 11 is 4.29. The van der Waals surface area contributed by atoms with Gasteiger partial charge in [0.25, 0.3) is 0 Å².